The molecule has 0 spiro atoms. The van der Waals surface area contributed by atoms with Crippen LogP contribution in [0.5, 0.6) is 0 Å². The van der Waals surface area contributed by atoms with Gasteiger partial charge in [-0.1, -0.05) is 20.8 Å². The van der Waals surface area contributed by atoms with Crippen LogP contribution in [0.3, 0.4) is 0 Å². The average molecular weight is 342 g/mol. The van der Waals surface area contributed by atoms with Crippen molar-refractivity contribution in [3.63, 3.8) is 0 Å². The van der Waals surface area contributed by atoms with Crippen molar-refractivity contribution in [2.24, 2.45) is 17.1 Å². The molecule has 1 aliphatic heterocycles. The predicted octanol–water partition coefficient (Wildman–Crippen LogP) is 2.83. The largest absolute Gasteiger partial charge is 0.401 e. The van der Waals surface area contributed by atoms with Crippen molar-refractivity contribution in [2.45, 2.75) is 52.9 Å². The Bertz CT molecular complexity index is 527. The Morgan fingerprint density at radius 1 is 1.50 bits per heavy atom. The number of carbonyl (C=O) groups is 1. The van der Waals surface area contributed by atoms with Crippen LogP contribution in [-0.2, 0) is 4.43 Å². The van der Waals surface area contributed by atoms with Crippen molar-refractivity contribution in [1.82, 2.24) is 4.98 Å². The third-order valence-corrected chi connectivity index (χ3v) is 5.93. The van der Waals surface area contributed by atoms with Gasteiger partial charge < -0.3 is 15.1 Å². The lowest BCUT2D eigenvalue weighted by Crippen LogP contribution is -2.48. The van der Waals surface area contributed by atoms with E-state index in [0.29, 0.717) is 11.6 Å². The number of rotatable bonds is 4. The highest BCUT2D eigenvalue weighted by molar-refractivity contribution is 7.13. The molecule has 2 unspecified atom stereocenters. The summed E-state index contributed by atoms with van der Waals surface area (Å²) in [4.78, 5) is 17.9. The summed E-state index contributed by atoms with van der Waals surface area (Å²) in [6.45, 7) is 12.2. The van der Waals surface area contributed by atoms with Crippen molar-refractivity contribution in [1.29, 1.82) is 0 Å². The molecule has 2 heterocycles. The Kier molecular flexibility index (Phi) is 5.29. The van der Waals surface area contributed by atoms with E-state index in [4.69, 9.17) is 10.2 Å². The number of hydrogen-bond donors (Lipinski definition) is 1. The van der Waals surface area contributed by atoms with E-state index in [2.05, 4.69) is 43.7 Å². The van der Waals surface area contributed by atoms with Gasteiger partial charge in [0, 0.05) is 11.9 Å². The fourth-order valence-corrected chi connectivity index (χ4v) is 4.65. The normalized spacial score (nSPS) is 23.1. The number of hydrogen-bond acceptors (Lipinski definition) is 5. The third kappa shape index (κ3) is 4.08. The van der Waals surface area contributed by atoms with Gasteiger partial charge in [0.25, 0.3) is 5.91 Å². The van der Waals surface area contributed by atoms with E-state index in [1.807, 2.05) is 0 Å². The first-order chi connectivity index (χ1) is 10.2. The van der Waals surface area contributed by atoms with Crippen LogP contribution in [0.25, 0.3) is 0 Å². The van der Waals surface area contributed by atoms with Crippen LogP contribution >= 0.6 is 11.3 Å². The van der Waals surface area contributed by atoms with Gasteiger partial charge in [0.15, 0.2) is 14.2 Å². The molecule has 0 saturated carbocycles. The highest BCUT2D eigenvalue weighted by Gasteiger charge is 2.36. The molecule has 1 fully saturated rings. The molecule has 1 amide bonds. The number of anilines is 1. The second-order valence-corrected chi connectivity index (χ2v) is 10.5. The van der Waals surface area contributed by atoms with E-state index in [9.17, 15) is 4.79 Å². The van der Waals surface area contributed by atoms with E-state index in [1.54, 1.807) is 5.38 Å². The first kappa shape index (κ1) is 17.4. The van der Waals surface area contributed by atoms with Crippen LogP contribution in [-0.4, -0.2) is 32.7 Å². The molecule has 2 N–H and O–H groups in total. The van der Waals surface area contributed by atoms with Gasteiger partial charge in [0.2, 0.25) is 0 Å². The van der Waals surface area contributed by atoms with E-state index >= 15 is 0 Å². The molecular weight excluding hydrogens is 314 g/mol. The Morgan fingerprint density at radius 2 is 2.18 bits per heavy atom. The lowest BCUT2D eigenvalue weighted by atomic mass is 9.75. The molecule has 0 aliphatic carbocycles. The van der Waals surface area contributed by atoms with Crippen molar-refractivity contribution in [3.05, 3.63) is 11.1 Å². The first-order valence-corrected chi connectivity index (χ1v) is 11.5. The zero-order valence-electron chi connectivity index (χ0n) is 14.1. The summed E-state index contributed by atoms with van der Waals surface area (Å²) >= 11 is 1.47. The molecular formula is C15H27N3O2SSi. The zero-order valence-corrected chi connectivity index (χ0v) is 16.1. The molecule has 2 atom stereocenters. The van der Waals surface area contributed by atoms with E-state index in [-0.39, 0.29) is 11.6 Å². The molecule has 1 aromatic heterocycles. The van der Waals surface area contributed by atoms with Crippen LogP contribution in [0.4, 0.5) is 5.13 Å². The van der Waals surface area contributed by atoms with Crippen molar-refractivity contribution in [3.8, 4) is 0 Å². The lowest BCUT2D eigenvalue weighted by Gasteiger charge is -2.44. The minimum Gasteiger partial charge on any atom is -0.401 e. The first-order valence-electron chi connectivity index (χ1n) is 7.86. The molecule has 1 aromatic rings. The highest BCUT2D eigenvalue weighted by atomic mass is 32.1. The Balaban J connectivity index is 2.19. The molecule has 0 radical (unpaired) electrons. The fraction of sp³-hybridized carbons (Fsp3) is 0.733. The van der Waals surface area contributed by atoms with Crippen molar-refractivity contribution in [2.75, 3.05) is 11.4 Å². The van der Waals surface area contributed by atoms with Crippen LogP contribution in [0.2, 0.25) is 13.1 Å². The summed E-state index contributed by atoms with van der Waals surface area (Å²) in [7, 11) is -1.16. The lowest BCUT2D eigenvalue weighted by molar-refractivity contribution is 0.0849. The second kappa shape index (κ2) is 6.68. The maximum absolute atomic E-state index is 11.3. The SMILES string of the molecule is C[SiH](C)OC1CC(C(C)(C)C)CCN1c1nc(C(N)=O)cs1. The zero-order chi connectivity index (χ0) is 16.5. The summed E-state index contributed by atoms with van der Waals surface area (Å²) < 4.78 is 6.27. The van der Waals surface area contributed by atoms with Crippen LogP contribution in [0, 0.1) is 11.3 Å². The summed E-state index contributed by atoms with van der Waals surface area (Å²) in [6, 6.07) is 0. The summed E-state index contributed by atoms with van der Waals surface area (Å²) in [5.41, 5.74) is 5.94. The topological polar surface area (TPSA) is 68.4 Å². The van der Waals surface area contributed by atoms with Crippen LogP contribution < -0.4 is 10.6 Å². The number of aromatic nitrogens is 1. The minimum absolute atomic E-state index is 0.0662. The van der Waals surface area contributed by atoms with Gasteiger partial charge in [0.05, 0.1) is 0 Å². The molecule has 2 rings (SSSR count). The van der Waals surface area contributed by atoms with E-state index in [1.165, 1.54) is 11.3 Å². The highest BCUT2D eigenvalue weighted by Crippen LogP contribution is 2.39. The number of thiazole rings is 1. The van der Waals surface area contributed by atoms with Gasteiger partial charge in [-0.25, -0.2) is 4.98 Å². The molecule has 0 aromatic carbocycles. The van der Waals surface area contributed by atoms with Gasteiger partial charge in [-0.2, -0.15) is 0 Å². The van der Waals surface area contributed by atoms with Gasteiger partial charge >= 0.3 is 0 Å². The maximum Gasteiger partial charge on any atom is 0.268 e. The monoisotopic (exact) mass is 341 g/mol. The van der Waals surface area contributed by atoms with Gasteiger partial charge in [-0.05, 0) is 37.3 Å². The van der Waals surface area contributed by atoms with Crippen molar-refractivity contribution < 1.29 is 9.22 Å². The van der Waals surface area contributed by atoms with Gasteiger partial charge in [-0.15, -0.1) is 11.3 Å². The quantitative estimate of drug-likeness (QED) is 0.855. The fourth-order valence-electron chi connectivity index (χ4n) is 2.89. The Hall–Kier alpha value is -0.923. The Labute approximate surface area is 138 Å². The molecule has 1 saturated heterocycles. The third-order valence-electron chi connectivity index (χ3n) is 4.20. The summed E-state index contributed by atoms with van der Waals surface area (Å²) in [5, 5.41) is 2.58. The number of carbonyl (C=O) groups excluding carboxylic acids is 1. The van der Waals surface area contributed by atoms with Gasteiger partial charge in [-0.3, -0.25) is 4.79 Å². The van der Waals surface area contributed by atoms with Crippen LogP contribution in [0.15, 0.2) is 5.38 Å². The molecule has 0 bridgehead atoms. The average Bonchev–Trinajstić information content (AvgIpc) is 2.86. The number of amides is 1. The summed E-state index contributed by atoms with van der Waals surface area (Å²) in [5.74, 6) is 0.167. The molecule has 22 heavy (non-hydrogen) atoms. The molecule has 7 heteroatoms. The smallest absolute Gasteiger partial charge is 0.268 e. The maximum atomic E-state index is 11.3. The predicted molar refractivity (Wildman–Crippen MR) is 93.9 cm³/mol. The van der Waals surface area contributed by atoms with Gasteiger partial charge in [0.1, 0.15) is 11.9 Å². The molecule has 124 valence electrons. The standard InChI is InChI=1S/C15H27N3O2SSi/c1-15(2,3)10-6-7-18(12(8-10)20-22(4)5)14-17-11(9-21-14)13(16)19/h9-10,12,22H,6-8H2,1-5H3,(H2,16,19). The minimum atomic E-state index is -1.16. The molecule has 1 aliphatic rings. The van der Waals surface area contributed by atoms with Crippen molar-refractivity contribution >= 4 is 31.4 Å². The molecule has 5 nitrogen and oxygen atoms in total. The Morgan fingerprint density at radius 3 is 2.68 bits per heavy atom. The van der Waals surface area contributed by atoms with E-state index < -0.39 is 14.9 Å². The number of primary amides is 1. The van der Waals surface area contributed by atoms with E-state index in [0.717, 1.165) is 24.5 Å². The number of nitrogens with zero attached hydrogens (tertiary/aromatic N) is 2. The second-order valence-electron chi connectivity index (χ2n) is 7.30. The van der Waals surface area contributed by atoms with Crippen LogP contribution in [0.1, 0.15) is 44.1 Å². The number of nitrogens with two attached hydrogens (primary N) is 1. The number of piperidine rings is 1. The summed E-state index contributed by atoms with van der Waals surface area (Å²) in [6.07, 6.45) is 2.20.